The fourth-order valence-electron chi connectivity index (χ4n) is 5.85. The van der Waals surface area contributed by atoms with E-state index in [-0.39, 0.29) is 21.7 Å². The zero-order chi connectivity index (χ0) is 32.4. The molecule has 3 aromatic carbocycles. The lowest BCUT2D eigenvalue weighted by molar-refractivity contribution is 0.421. The molecule has 3 N–H and O–H groups in total. The molecule has 3 aromatic rings. The van der Waals surface area contributed by atoms with Crippen LogP contribution in [-0.4, -0.2) is 16.3 Å². The predicted octanol–water partition coefficient (Wildman–Crippen LogP) is 10.0. The summed E-state index contributed by atoms with van der Waals surface area (Å²) in [4.78, 5) is 0. The summed E-state index contributed by atoms with van der Waals surface area (Å²) in [7, 11) is 0. The second-order valence-electron chi connectivity index (χ2n) is 16.7. The van der Waals surface area contributed by atoms with Crippen molar-refractivity contribution in [1.29, 1.82) is 0 Å². The van der Waals surface area contributed by atoms with Gasteiger partial charge in [0, 0.05) is 12.6 Å². The Labute approximate surface area is 263 Å². The average Bonchev–Trinajstić information content (AvgIpc) is 2.87. The largest absolute Gasteiger partial charge is 0.507 e. The molecule has 0 atom stereocenters. The number of rotatable bonds is 9. The van der Waals surface area contributed by atoms with Crippen LogP contribution < -0.4 is 5.32 Å². The fourth-order valence-corrected chi connectivity index (χ4v) is 5.85. The van der Waals surface area contributed by atoms with Gasteiger partial charge in [-0.1, -0.05) is 138 Å². The summed E-state index contributed by atoms with van der Waals surface area (Å²) < 4.78 is 0. The van der Waals surface area contributed by atoms with Gasteiger partial charge in [0.1, 0.15) is 11.5 Å². The molecule has 3 nitrogen and oxygen atoms in total. The molecule has 0 aliphatic carbocycles. The Morgan fingerprint density at radius 1 is 0.512 bits per heavy atom. The van der Waals surface area contributed by atoms with Gasteiger partial charge in [0.15, 0.2) is 0 Å². The molecule has 3 heteroatoms. The average molecular weight is 586 g/mol. The van der Waals surface area contributed by atoms with Gasteiger partial charge >= 0.3 is 0 Å². The number of hydrogen-bond acceptors (Lipinski definition) is 3. The normalized spacial score (nSPS) is 13.1. The molecular formula is C40H59NO2. The van der Waals surface area contributed by atoms with E-state index in [4.69, 9.17) is 0 Å². The maximum absolute atomic E-state index is 11.2. The van der Waals surface area contributed by atoms with Crippen LogP contribution in [0.25, 0.3) is 0 Å². The van der Waals surface area contributed by atoms with Crippen LogP contribution in [0.5, 0.6) is 11.5 Å². The quantitative estimate of drug-likeness (QED) is 0.234. The van der Waals surface area contributed by atoms with Gasteiger partial charge in [-0.25, -0.2) is 0 Å². The molecule has 0 aliphatic heterocycles. The highest BCUT2D eigenvalue weighted by molar-refractivity contribution is 5.51. The molecule has 0 bridgehead atoms. The Hall–Kier alpha value is -2.78. The molecule has 0 unspecified atom stereocenters. The van der Waals surface area contributed by atoms with Gasteiger partial charge < -0.3 is 15.5 Å². The van der Waals surface area contributed by atoms with E-state index >= 15 is 0 Å². The van der Waals surface area contributed by atoms with Crippen LogP contribution in [0.2, 0.25) is 0 Å². The Morgan fingerprint density at radius 2 is 0.837 bits per heavy atom. The zero-order valence-electron chi connectivity index (χ0n) is 29.2. The molecule has 0 spiro atoms. The highest BCUT2D eigenvalue weighted by Gasteiger charge is 2.28. The topological polar surface area (TPSA) is 52.5 Å². The maximum Gasteiger partial charge on any atom is 0.123 e. The third kappa shape index (κ3) is 9.35. The third-order valence-electron chi connectivity index (χ3n) is 8.57. The first-order valence-electron chi connectivity index (χ1n) is 16.2. The molecular weight excluding hydrogens is 526 g/mol. The molecule has 0 aromatic heterocycles. The zero-order valence-corrected chi connectivity index (χ0v) is 29.2. The van der Waals surface area contributed by atoms with E-state index in [1.807, 2.05) is 0 Å². The number of benzene rings is 3. The minimum Gasteiger partial charge on any atom is -0.507 e. The van der Waals surface area contributed by atoms with Crippen LogP contribution in [0.1, 0.15) is 135 Å². The Bertz CT molecular complexity index is 1200. The van der Waals surface area contributed by atoms with Crippen LogP contribution in [0.3, 0.4) is 0 Å². The second-order valence-corrected chi connectivity index (χ2v) is 16.7. The molecule has 43 heavy (non-hydrogen) atoms. The summed E-state index contributed by atoms with van der Waals surface area (Å²) in [5.41, 5.74) is 7.40. The number of phenols is 2. The number of hydrogen-bond donors (Lipinski definition) is 3. The highest BCUT2D eigenvalue weighted by Crippen LogP contribution is 2.41. The summed E-state index contributed by atoms with van der Waals surface area (Å²) in [6.07, 6.45) is 3.88. The summed E-state index contributed by atoms with van der Waals surface area (Å²) in [6, 6.07) is 19.8. The molecule has 236 valence electrons. The van der Waals surface area contributed by atoms with Gasteiger partial charge in [-0.05, 0) is 86.3 Å². The second kappa shape index (κ2) is 13.1. The van der Waals surface area contributed by atoms with Crippen molar-refractivity contribution in [1.82, 2.24) is 5.32 Å². The van der Waals surface area contributed by atoms with E-state index < -0.39 is 0 Å². The van der Waals surface area contributed by atoms with Crippen molar-refractivity contribution in [2.45, 2.75) is 143 Å². The molecule has 0 amide bonds. The summed E-state index contributed by atoms with van der Waals surface area (Å²) in [5.74, 6) is 0.887. The summed E-state index contributed by atoms with van der Waals surface area (Å²) in [5, 5.41) is 26.3. The van der Waals surface area contributed by atoms with Crippen LogP contribution in [0.15, 0.2) is 54.6 Å². The lowest BCUT2D eigenvalue weighted by Crippen LogP contribution is -2.30. The van der Waals surface area contributed by atoms with Crippen molar-refractivity contribution >= 4 is 0 Å². The van der Waals surface area contributed by atoms with Gasteiger partial charge in [0.25, 0.3) is 0 Å². The van der Waals surface area contributed by atoms with Crippen molar-refractivity contribution in [3.8, 4) is 11.5 Å². The number of aromatic hydroxyl groups is 2. The van der Waals surface area contributed by atoms with Crippen LogP contribution in [0.4, 0.5) is 0 Å². The first kappa shape index (κ1) is 34.7. The number of aryl methyl sites for hydroxylation is 2. The van der Waals surface area contributed by atoms with Crippen molar-refractivity contribution in [3.63, 3.8) is 0 Å². The lowest BCUT2D eigenvalue weighted by atomic mass is 9.77. The standard InChI is InChI=1S/C40H59NO2/c1-37(2,3)31-22-28(23-32(35(31)42)38(4,5)6)18-20-30(41-26-27-16-14-13-15-17-27)21-19-29-24-33(39(7,8)9)36(43)34(25-29)40(10,11)12/h13-17,22-25,30,41-43H,18-21,26H2,1-12H3. The molecule has 0 saturated heterocycles. The smallest absolute Gasteiger partial charge is 0.123 e. The first-order chi connectivity index (χ1) is 19.7. The van der Waals surface area contributed by atoms with Crippen molar-refractivity contribution in [2.24, 2.45) is 0 Å². The maximum atomic E-state index is 11.2. The SMILES string of the molecule is CC(C)(C)c1cc(CCC(CCc2cc(C(C)(C)C)c(O)c(C(C)(C)C)c2)NCc2ccccc2)cc(C(C)(C)C)c1O. The minimum atomic E-state index is -0.139. The predicted molar refractivity (Wildman–Crippen MR) is 185 cm³/mol. The van der Waals surface area contributed by atoms with Crippen molar-refractivity contribution < 1.29 is 10.2 Å². The highest BCUT2D eigenvalue weighted by atomic mass is 16.3. The monoisotopic (exact) mass is 585 g/mol. The lowest BCUT2D eigenvalue weighted by Gasteiger charge is -2.29. The molecule has 3 rings (SSSR count). The van der Waals surface area contributed by atoms with Gasteiger partial charge in [-0.15, -0.1) is 0 Å². The minimum absolute atomic E-state index is 0.139. The molecule has 0 fully saturated rings. The molecule has 0 radical (unpaired) electrons. The fraction of sp³-hybridized carbons (Fsp3) is 0.550. The number of nitrogens with one attached hydrogen (secondary N) is 1. The van der Waals surface area contributed by atoms with Crippen LogP contribution in [0, 0.1) is 0 Å². The van der Waals surface area contributed by atoms with Crippen molar-refractivity contribution in [3.05, 3.63) is 93.5 Å². The Balaban J connectivity index is 1.92. The van der Waals surface area contributed by atoms with Gasteiger partial charge in [-0.2, -0.15) is 0 Å². The van der Waals surface area contributed by atoms with E-state index in [0.717, 1.165) is 54.5 Å². The molecule has 0 saturated carbocycles. The molecule has 0 heterocycles. The van der Waals surface area contributed by atoms with Gasteiger partial charge in [-0.3, -0.25) is 0 Å². The molecule has 0 aliphatic rings. The van der Waals surface area contributed by atoms with Crippen LogP contribution >= 0.6 is 0 Å². The van der Waals surface area contributed by atoms with Crippen molar-refractivity contribution in [2.75, 3.05) is 0 Å². The van der Waals surface area contributed by atoms with E-state index in [2.05, 4.69) is 143 Å². The summed E-state index contributed by atoms with van der Waals surface area (Å²) >= 11 is 0. The Kier molecular flexibility index (Phi) is 10.5. The summed E-state index contributed by atoms with van der Waals surface area (Å²) in [6.45, 7) is 27.0. The van der Waals surface area contributed by atoms with E-state index in [9.17, 15) is 10.2 Å². The van der Waals surface area contributed by atoms with E-state index in [0.29, 0.717) is 17.5 Å². The van der Waals surface area contributed by atoms with E-state index in [1.165, 1.54) is 16.7 Å². The van der Waals surface area contributed by atoms with Gasteiger partial charge in [0.05, 0.1) is 0 Å². The Morgan fingerprint density at radius 3 is 1.14 bits per heavy atom. The van der Waals surface area contributed by atoms with E-state index in [1.54, 1.807) is 0 Å². The third-order valence-corrected chi connectivity index (χ3v) is 8.57. The number of phenolic OH excluding ortho intramolecular Hbond substituents is 2. The van der Waals surface area contributed by atoms with Gasteiger partial charge in [0.2, 0.25) is 0 Å². The first-order valence-corrected chi connectivity index (χ1v) is 16.2. The van der Waals surface area contributed by atoms with Crippen LogP contribution in [-0.2, 0) is 41.0 Å².